The van der Waals surface area contributed by atoms with Crippen LogP contribution in [0, 0.1) is 15.9 Å². The van der Waals surface area contributed by atoms with Crippen LogP contribution in [0.1, 0.15) is 11.7 Å². The van der Waals surface area contributed by atoms with E-state index in [-0.39, 0.29) is 28.0 Å². The number of H-pyrrole nitrogens is 1. The van der Waals surface area contributed by atoms with Crippen molar-refractivity contribution in [3.8, 4) is 0 Å². The number of ether oxygens (including phenoxy) is 1. The lowest BCUT2D eigenvalue weighted by Crippen LogP contribution is -2.34. The highest BCUT2D eigenvalue weighted by molar-refractivity contribution is 5.92. The van der Waals surface area contributed by atoms with Crippen LogP contribution in [-0.2, 0) is 4.74 Å². The molecule has 2 heterocycles. The fourth-order valence-electron chi connectivity index (χ4n) is 2.35. The first-order chi connectivity index (χ1) is 9.59. The number of nitro benzene ring substituents is 1. The molecule has 1 aliphatic heterocycles. The zero-order valence-corrected chi connectivity index (χ0v) is 10.4. The molecule has 1 unspecified atom stereocenters. The van der Waals surface area contributed by atoms with Crippen LogP contribution in [0.15, 0.2) is 6.07 Å². The maximum absolute atomic E-state index is 14.5. The third-order valence-electron chi connectivity index (χ3n) is 3.29. The first-order valence-electron chi connectivity index (χ1n) is 6.02. The van der Waals surface area contributed by atoms with E-state index in [1.807, 2.05) is 0 Å². The summed E-state index contributed by atoms with van der Waals surface area (Å²) < 4.78 is 20.0. The number of halogens is 1. The molecule has 9 heteroatoms. The van der Waals surface area contributed by atoms with Gasteiger partial charge in [-0.1, -0.05) is 0 Å². The standard InChI is InChI=1S/C11H12FN5O3/c12-9-8(7-4-14-1-2-20-7)6(17(18)19)3-5-10(9)15-16-11(5)13/h3,7,14H,1-2,4H2,(H3,13,15,16). The van der Waals surface area contributed by atoms with Crippen molar-refractivity contribution in [3.05, 3.63) is 27.6 Å². The molecule has 0 spiro atoms. The second kappa shape index (κ2) is 4.69. The Labute approximate surface area is 112 Å². The molecule has 4 N–H and O–H groups in total. The average Bonchev–Trinajstić information content (AvgIpc) is 2.81. The Morgan fingerprint density at radius 2 is 2.40 bits per heavy atom. The number of benzene rings is 1. The molecule has 8 nitrogen and oxygen atoms in total. The van der Waals surface area contributed by atoms with Gasteiger partial charge in [0, 0.05) is 19.2 Å². The predicted octanol–water partition coefficient (Wildman–Crippen LogP) is 0.853. The number of aromatic nitrogens is 2. The largest absolute Gasteiger partial charge is 0.382 e. The smallest absolute Gasteiger partial charge is 0.279 e. The number of nitrogens with zero attached hydrogens (tertiary/aromatic N) is 2. The lowest BCUT2D eigenvalue weighted by molar-refractivity contribution is -0.386. The van der Waals surface area contributed by atoms with E-state index < -0.39 is 16.8 Å². The Balaban J connectivity index is 2.24. The number of hydrogen-bond acceptors (Lipinski definition) is 6. The van der Waals surface area contributed by atoms with E-state index in [1.165, 1.54) is 6.07 Å². The molecule has 1 saturated heterocycles. The number of nitrogen functional groups attached to an aromatic ring is 1. The Kier molecular flexibility index (Phi) is 2.99. The van der Waals surface area contributed by atoms with Gasteiger partial charge in [0.2, 0.25) is 0 Å². The first kappa shape index (κ1) is 12.8. The van der Waals surface area contributed by atoms with Crippen molar-refractivity contribution in [1.29, 1.82) is 0 Å². The zero-order chi connectivity index (χ0) is 14.3. The Morgan fingerprint density at radius 1 is 1.60 bits per heavy atom. The van der Waals surface area contributed by atoms with Gasteiger partial charge in [0.15, 0.2) is 11.6 Å². The van der Waals surface area contributed by atoms with Gasteiger partial charge in [0.1, 0.15) is 11.6 Å². The fourth-order valence-corrected chi connectivity index (χ4v) is 2.35. The van der Waals surface area contributed by atoms with Crippen molar-refractivity contribution in [3.63, 3.8) is 0 Å². The van der Waals surface area contributed by atoms with Crippen molar-refractivity contribution in [2.75, 3.05) is 25.4 Å². The zero-order valence-electron chi connectivity index (χ0n) is 10.4. The normalized spacial score (nSPS) is 19.4. The number of hydrogen-bond donors (Lipinski definition) is 3. The second-order valence-electron chi connectivity index (χ2n) is 4.48. The number of nitrogens with two attached hydrogens (primary N) is 1. The van der Waals surface area contributed by atoms with Crippen LogP contribution in [0.3, 0.4) is 0 Å². The highest BCUT2D eigenvalue weighted by Crippen LogP contribution is 2.36. The molecular weight excluding hydrogens is 269 g/mol. The van der Waals surface area contributed by atoms with Gasteiger partial charge in [0.05, 0.1) is 22.5 Å². The molecule has 0 saturated carbocycles. The van der Waals surface area contributed by atoms with Crippen molar-refractivity contribution in [2.45, 2.75) is 6.10 Å². The van der Waals surface area contributed by atoms with Gasteiger partial charge in [-0.05, 0) is 0 Å². The van der Waals surface area contributed by atoms with Gasteiger partial charge in [-0.2, -0.15) is 5.10 Å². The summed E-state index contributed by atoms with van der Waals surface area (Å²) in [7, 11) is 0. The molecule has 106 valence electrons. The maximum Gasteiger partial charge on any atom is 0.279 e. The van der Waals surface area contributed by atoms with Gasteiger partial charge in [-0.25, -0.2) is 4.39 Å². The molecule has 0 radical (unpaired) electrons. The summed E-state index contributed by atoms with van der Waals surface area (Å²) in [6.45, 7) is 1.31. The van der Waals surface area contributed by atoms with E-state index in [2.05, 4.69) is 15.5 Å². The molecule has 1 atom stereocenters. The van der Waals surface area contributed by atoms with E-state index in [1.54, 1.807) is 0 Å². The number of anilines is 1. The quantitative estimate of drug-likeness (QED) is 0.554. The SMILES string of the molecule is Nc1n[nH]c2c(F)c(C3CNCCO3)c([N+](=O)[O-])cc12. The highest BCUT2D eigenvalue weighted by atomic mass is 19.1. The highest BCUT2D eigenvalue weighted by Gasteiger charge is 2.31. The third kappa shape index (κ3) is 1.87. The van der Waals surface area contributed by atoms with Crippen molar-refractivity contribution < 1.29 is 14.1 Å². The molecule has 0 bridgehead atoms. The second-order valence-corrected chi connectivity index (χ2v) is 4.48. The van der Waals surface area contributed by atoms with Crippen LogP contribution in [0.5, 0.6) is 0 Å². The van der Waals surface area contributed by atoms with Gasteiger partial charge in [-0.3, -0.25) is 15.2 Å². The van der Waals surface area contributed by atoms with Crippen LogP contribution in [0.2, 0.25) is 0 Å². The molecule has 2 aromatic rings. The van der Waals surface area contributed by atoms with Crippen molar-refractivity contribution in [2.24, 2.45) is 0 Å². The molecule has 1 aromatic carbocycles. The monoisotopic (exact) mass is 281 g/mol. The summed E-state index contributed by atoms with van der Waals surface area (Å²) in [6, 6.07) is 1.23. The summed E-state index contributed by atoms with van der Waals surface area (Å²) in [4.78, 5) is 10.5. The van der Waals surface area contributed by atoms with E-state index in [9.17, 15) is 14.5 Å². The van der Waals surface area contributed by atoms with Crippen LogP contribution >= 0.6 is 0 Å². The minimum absolute atomic E-state index is 0.0243. The lowest BCUT2D eigenvalue weighted by Gasteiger charge is -2.24. The first-order valence-corrected chi connectivity index (χ1v) is 6.02. The van der Waals surface area contributed by atoms with E-state index in [0.717, 1.165) is 0 Å². The van der Waals surface area contributed by atoms with E-state index in [4.69, 9.17) is 10.5 Å². The Morgan fingerprint density at radius 3 is 3.05 bits per heavy atom. The summed E-state index contributed by atoms with van der Waals surface area (Å²) in [5.74, 6) is -0.719. The molecule has 0 amide bonds. The summed E-state index contributed by atoms with van der Waals surface area (Å²) in [5.41, 5.74) is 5.19. The Bertz CT molecular complexity index is 680. The number of rotatable bonds is 2. The Hall–Kier alpha value is -2.26. The van der Waals surface area contributed by atoms with E-state index in [0.29, 0.717) is 19.7 Å². The molecule has 20 heavy (non-hydrogen) atoms. The van der Waals surface area contributed by atoms with Crippen LogP contribution in [-0.4, -0.2) is 34.8 Å². The van der Waals surface area contributed by atoms with Crippen LogP contribution < -0.4 is 11.1 Å². The number of morpholine rings is 1. The molecular formula is C11H12FN5O3. The molecule has 1 aromatic heterocycles. The minimum Gasteiger partial charge on any atom is -0.382 e. The number of nitro groups is 1. The number of nitrogens with one attached hydrogen (secondary N) is 2. The van der Waals surface area contributed by atoms with Crippen LogP contribution in [0.4, 0.5) is 15.9 Å². The van der Waals surface area contributed by atoms with E-state index >= 15 is 0 Å². The fraction of sp³-hybridized carbons (Fsp3) is 0.364. The van der Waals surface area contributed by atoms with Gasteiger partial charge < -0.3 is 15.8 Å². The summed E-state index contributed by atoms with van der Waals surface area (Å²) in [5, 5.41) is 20.5. The molecule has 1 fully saturated rings. The van der Waals surface area contributed by atoms with Gasteiger partial charge >= 0.3 is 0 Å². The lowest BCUT2D eigenvalue weighted by atomic mass is 10.0. The third-order valence-corrected chi connectivity index (χ3v) is 3.29. The molecule has 3 rings (SSSR count). The van der Waals surface area contributed by atoms with Crippen LogP contribution in [0.25, 0.3) is 10.9 Å². The van der Waals surface area contributed by atoms with Gasteiger partial charge in [0.25, 0.3) is 5.69 Å². The molecule has 0 aliphatic carbocycles. The predicted molar refractivity (Wildman–Crippen MR) is 68.7 cm³/mol. The van der Waals surface area contributed by atoms with Crippen molar-refractivity contribution in [1.82, 2.24) is 15.5 Å². The van der Waals surface area contributed by atoms with Crippen molar-refractivity contribution >= 4 is 22.4 Å². The van der Waals surface area contributed by atoms with Gasteiger partial charge in [-0.15, -0.1) is 0 Å². The number of aromatic amines is 1. The average molecular weight is 281 g/mol. The summed E-state index contributed by atoms with van der Waals surface area (Å²) >= 11 is 0. The number of fused-ring (bicyclic) bond motifs is 1. The molecule has 1 aliphatic rings. The minimum atomic E-state index is -0.743. The maximum atomic E-state index is 14.5. The topological polar surface area (TPSA) is 119 Å². The summed E-state index contributed by atoms with van der Waals surface area (Å²) in [6.07, 6.45) is -0.710.